The lowest BCUT2D eigenvalue weighted by Gasteiger charge is -2.20. The van der Waals surface area contributed by atoms with Gasteiger partial charge in [-0.3, -0.25) is 4.90 Å². The summed E-state index contributed by atoms with van der Waals surface area (Å²) in [5.74, 6) is 0. The van der Waals surface area contributed by atoms with E-state index in [1.807, 2.05) is 12.1 Å². The lowest BCUT2D eigenvalue weighted by atomic mass is 10.2. The van der Waals surface area contributed by atoms with Crippen molar-refractivity contribution in [2.75, 3.05) is 13.1 Å². The maximum atomic E-state index is 3.94. The first-order valence-corrected chi connectivity index (χ1v) is 5.24. The smallest absolute Gasteiger partial charge is 0.0240 e. The molecule has 0 aliphatic rings. The summed E-state index contributed by atoms with van der Waals surface area (Å²) < 4.78 is 0. The van der Waals surface area contributed by atoms with E-state index >= 15 is 0 Å². The van der Waals surface area contributed by atoms with Crippen LogP contribution < -0.4 is 0 Å². The van der Waals surface area contributed by atoms with Crippen LogP contribution in [0.1, 0.15) is 12.5 Å². The van der Waals surface area contributed by atoms with Crippen LogP contribution in [0.15, 0.2) is 55.1 Å². The second-order valence-corrected chi connectivity index (χ2v) is 3.90. The Balaban J connectivity index is 2.58. The highest BCUT2D eigenvalue weighted by atomic mass is 15.1. The molecule has 0 N–H and O–H groups in total. The summed E-state index contributed by atoms with van der Waals surface area (Å²) in [5.41, 5.74) is 2.52. The maximum absolute atomic E-state index is 3.94. The third-order valence-electron chi connectivity index (χ3n) is 2.13. The van der Waals surface area contributed by atoms with Gasteiger partial charge < -0.3 is 0 Å². The molecule has 80 valence electrons. The van der Waals surface area contributed by atoms with Crippen LogP contribution in [-0.4, -0.2) is 18.0 Å². The maximum Gasteiger partial charge on any atom is 0.0240 e. The van der Waals surface area contributed by atoms with Crippen LogP contribution in [0.5, 0.6) is 0 Å². The molecule has 0 aliphatic heterocycles. The van der Waals surface area contributed by atoms with Crippen LogP contribution in [-0.2, 0) is 6.54 Å². The van der Waals surface area contributed by atoms with Crippen LogP contribution in [0.4, 0.5) is 0 Å². The third-order valence-corrected chi connectivity index (χ3v) is 2.13. The van der Waals surface area contributed by atoms with Crippen molar-refractivity contribution in [2.45, 2.75) is 13.5 Å². The van der Waals surface area contributed by atoms with E-state index in [0.29, 0.717) is 0 Å². The number of hydrogen-bond acceptors (Lipinski definition) is 1. The molecular weight excluding hydrogens is 182 g/mol. The fourth-order valence-corrected chi connectivity index (χ4v) is 1.59. The molecule has 0 spiro atoms. The van der Waals surface area contributed by atoms with Crippen LogP contribution in [0.2, 0.25) is 0 Å². The molecule has 0 atom stereocenters. The predicted molar refractivity (Wildman–Crippen MR) is 66.7 cm³/mol. The summed E-state index contributed by atoms with van der Waals surface area (Å²) in [6.45, 7) is 12.6. The molecule has 0 heterocycles. The quantitative estimate of drug-likeness (QED) is 0.639. The zero-order chi connectivity index (χ0) is 11.1. The van der Waals surface area contributed by atoms with Crippen molar-refractivity contribution in [1.82, 2.24) is 4.90 Å². The van der Waals surface area contributed by atoms with E-state index in [-0.39, 0.29) is 0 Å². The highest BCUT2D eigenvalue weighted by Gasteiger charge is 2.03. The summed E-state index contributed by atoms with van der Waals surface area (Å²) in [4.78, 5) is 2.32. The molecular formula is C14H19N. The van der Waals surface area contributed by atoms with Crippen molar-refractivity contribution in [3.8, 4) is 0 Å². The van der Waals surface area contributed by atoms with Crippen LogP contribution in [0.3, 0.4) is 0 Å². The van der Waals surface area contributed by atoms with Crippen molar-refractivity contribution < 1.29 is 0 Å². The highest BCUT2D eigenvalue weighted by Crippen LogP contribution is 2.06. The van der Waals surface area contributed by atoms with Gasteiger partial charge in [-0.2, -0.15) is 0 Å². The lowest BCUT2D eigenvalue weighted by molar-refractivity contribution is 0.320. The van der Waals surface area contributed by atoms with Gasteiger partial charge in [0.25, 0.3) is 0 Å². The van der Waals surface area contributed by atoms with Gasteiger partial charge in [0.15, 0.2) is 0 Å². The predicted octanol–water partition coefficient (Wildman–Crippen LogP) is 3.25. The Morgan fingerprint density at radius 2 is 2.00 bits per heavy atom. The summed E-state index contributed by atoms with van der Waals surface area (Å²) >= 11 is 0. The zero-order valence-corrected chi connectivity index (χ0v) is 9.45. The molecule has 1 rings (SSSR count). The normalized spacial score (nSPS) is 10.3. The van der Waals surface area contributed by atoms with Gasteiger partial charge in [-0.05, 0) is 12.5 Å². The van der Waals surface area contributed by atoms with Gasteiger partial charge in [0.2, 0.25) is 0 Å². The van der Waals surface area contributed by atoms with E-state index in [2.05, 4.69) is 49.2 Å². The van der Waals surface area contributed by atoms with Crippen molar-refractivity contribution >= 4 is 0 Å². The number of hydrogen-bond donors (Lipinski definition) is 0. The minimum Gasteiger partial charge on any atom is -0.292 e. The van der Waals surface area contributed by atoms with Gasteiger partial charge in [-0.15, -0.1) is 6.58 Å². The third kappa shape index (κ3) is 4.61. The van der Waals surface area contributed by atoms with E-state index in [9.17, 15) is 0 Å². The number of rotatable bonds is 6. The lowest BCUT2D eigenvalue weighted by Crippen LogP contribution is -2.24. The summed E-state index contributed by atoms with van der Waals surface area (Å²) in [6.07, 6.45) is 1.94. The van der Waals surface area contributed by atoms with Gasteiger partial charge in [-0.1, -0.05) is 48.6 Å². The van der Waals surface area contributed by atoms with Gasteiger partial charge in [0.1, 0.15) is 0 Å². The van der Waals surface area contributed by atoms with Crippen molar-refractivity contribution in [1.29, 1.82) is 0 Å². The Labute approximate surface area is 92.7 Å². The Bertz CT molecular complexity index is 313. The van der Waals surface area contributed by atoms with Gasteiger partial charge >= 0.3 is 0 Å². The number of nitrogens with zero attached hydrogens (tertiary/aromatic N) is 1. The fourth-order valence-electron chi connectivity index (χ4n) is 1.59. The SMILES string of the molecule is C=CCN(CC(=C)C)Cc1ccccc1. The van der Waals surface area contributed by atoms with Gasteiger partial charge in [0.05, 0.1) is 0 Å². The monoisotopic (exact) mass is 201 g/mol. The Morgan fingerprint density at radius 3 is 2.53 bits per heavy atom. The molecule has 0 radical (unpaired) electrons. The minimum absolute atomic E-state index is 0.905. The first-order chi connectivity index (χ1) is 7.22. The molecule has 1 aromatic rings. The van der Waals surface area contributed by atoms with E-state index in [1.165, 1.54) is 11.1 Å². The molecule has 0 saturated carbocycles. The largest absolute Gasteiger partial charge is 0.292 e. The Morgan fingerprint density at radius 1 is 1.33 bits per heavy atom. The molecule has 0 aliphatic carbocycles. The average molecular weight is 201 g/mol. The first-order valence-electron chi connectivity index (χ1n) is 5.24. The van der Waals surface area contributed by atoms with E-state index < -0.39 is 0 Å². The first kappa shape index (κ1) is 11.7. The number of benzene rings is 1. The Hall–Kier alpha value is -1.34. The topological polar surface area (TPSA) is 3.24 Å². The second-order valence-electron chi connectivity index (χ2n) is 3.90. The van der Waals surface area contributed by atoms with E-state index in [4.69, 9.17) is 0 Å². The van der Waals surface area contributed by atoms with Gasteiger partial charge in [-0.25, -0.2) is 0 Å². The highest BCUT2D eigenvalue weighted by molar-refractivity contribution is 5.14. The molecule has 1 heteroatoms. The standard InChI is InChI=1S/C14H19N/c1-4-10-15(11-13(2)3)12-14-8-6-5-7-9-14/h4-9H,1-2,10-12H2,3H3. The zero-order valence-electron chi connectivity index (χ0n) is 9.45. The molecule has 0 unspecified atom stereocenters. The molecule has 0 aromatic heterocycles. The Kier molecular flexibility index (Phi) is 4.85. The molecule has 0 fully saturated rings. The average Bonchev–Trinajstić information content (AvgIpc) is 2.18. The van der Waals surface area contributed by atoms with E-state index in [1.54, 1.807) is 0 Å². The summed E-state index contributed by atoms with van der Waals surface area (Å²) in [5, 5.41) is 0. The van der Waals surface area contributed by atoms with Crippen LogP contribution in [0, 0.1) is 0 Å². The van der Waals surface area contributed by atoms with E-state index in [0.717, 1.165) is 19.6 Å². The fraction of sp³-hybridized carbons (Fsp3) is 0.286. The summed E-state index contributed by atoms with van der Waals surface area (Å²) in [7, 11) is 0. The van der Waals surface area contributed by atoms with Crippen LogP contribution >= 0.6 is 0 Å². The molecule has 15 heavy (non-hydrogen) atoms. The molecule has 1 nitrogen and oxygen atoms in total. The summed E-state index contributed by atoms with van der Waals surface area (Å²) in [6, 6.07) is 10.5. The molecule has 1 aromatic carbocycles. The van der Waals surface area contributed by atoms with Crippen molar-refractivity contribution in [3.63, 3.8) is 0 Å². The molecule has 0 amide bonds. The molecule has 0 bridgehead atoms. The minimum atomic E-state index is 0.905. The van der Waals surface area contributed by atoms with Gasteiger partial charge in [0, 0.05) is 19.6 Å². The van der Waals surface area contributed by atoms with Crippen molar-refractivity contribution in [3.05, 3.63) is 60.7 Å². The van der Waals surface area contributed by atoms with Crippen LogP contribution in [0.25, 0.3) is 0 Å². The second kappa shape index (κ2) is 6.20. The van der Waals surface area contributed by atoms with Crippen molar-refractivity contribution in [2.24, 2.45) is 0 Å². The molecule has 0 saturated heterocycles.